The third-order valence-electron chi connectivity index (χ3n) is 3.73. The molecule has 2 aromatic rings. The highest BCUT2D eigenvalue weighted by Gasteiger charge is 2.14. The normalized spacial score (nSPS) is 11.2. The van der Waals surface area contributed by atoms with Crippen LogP contribution >= 0.6 is 23.5 Å². The summed E-state index contributed by atoms with van der Waals surface area (Å²) in [6.07, 6.45) is 1.95. The topological polar surface area (TPSA) is 41.1 Å². The molecular weight excluding hydrogens is 340 g/mol. The Balaban J connectivity index is 2.00. The first-order valence-corrected chi connectivity index (χ1v) is 9.37. The quantitative estimate of drug-likeness (QED) is 0.713. The van der Waals surface area contributed by atoms with E-state index in [1.165, 1.54) is 17.5 Å². The molecule has 0 heterocycles. The maximum Gasteiger partial charge on any atom is 0.251 e. The molecule has 0 atom stereocenters. The van der Waals surface area contributed by atoms with E-state index in [2.05, 4.69) is 30.8 Å². The third-order valence-corrected chi connectivity index (χ3v) is 4.52. The Morgan fingerprint density at radius 3 is 2.33 bits per heavy atom. The molecule has 3 nitrogen and oxygen atoms in total. The van der Waals surface area contributed by atoms with Crippen molar-refractivity contribution in [3.8, 4) is 0 Å². The van der Waals surface area contributed by atoms with E-state index in [9.17, 15) is 4.79 Å². The molecular formula is C19H23ClN2OS. The Kier molecular flexibility index (Phi) is 6.19. The van der Waals surface area contributed by atoms with Crippen LogP contribution in [-0.2, 0) is 12.0 Å². The lowest BCUT2D eigenvalue weighted by molar-refractivity contribution is 0.0951. The van der Waals surface area contributed by atoms with Crippen LogP contribution in [0.4, 0.5) is 5.69 Å². The maximum absolute atomic E-state index is 12.3. The Bertz CT molecular complexity index is 708. The molecule has 0 radical (unpaired) electrons. The lowest BCUT2D eigenvalue weighted by atomic mass is 9.87. The minimum absolute atomic E-state index is 0.0785. The van der Waals surface area contributed by atoms with Crippen LogP contribution in [0.1, 0.15) is 42.3 Å². The largest absolute Gasteiger partial charge is 0.348 e. The van der Waals surface area contributed by atoms with Crippen LogP contribution < -0.4 is 10.0 Å². The highest BCUT2D eigenvalue weighted by molar-refractivity contribution is 7.99. The highest BCUT2D eigenvalue weighted by Crippen LogP contribution is 2.23. The average molecular weight is 363 g/mol. The number of hydrogen-bond donors (Lipinski definition) is 2. The molecule has 2 rings (SSSR count). The number of anilines is 1. The summed E-state index contributed by atoms with van der Waals surface area (Å²) in [5.74, 6) is -0.0992. The molecule has 5 heteroatoms. The highest BCUT2D eigenvalue weighted by atomic mass is 35.5. The molecule has 24 heavy (non-hydrogen) atoms. The number of amides is 1. The second-order valence-corrected chi connectivity index (χ2v) is 7.64. The number of hydrogen-bond acceptors (Lipinski definition) is 3. The van der Waals surface area contributed by atoms with E-state index >= 15 is 0 Å². The van der Waals surface area contributed by atoms with Crippen molar-refractivity contribution in [3.63, 3.8) is 0 Å². The second kappa shape index (κ2) is 7.95. The van der Waals surface area contributed by atoms with Gasteiger partial charge in [-0.15, -0.1) is 0 Å². The Hall–Kier alpha value is -1.65. The van der Waals surface area contributed by atoms with Crippen LogP contribution in [0.5, 0.6) is 0 Å². The summed E-state index contributed by atoms with van der Waals surface area (Å²) in [6, 6.07) is 13.5. The molecule has 0 aliphatic heterocycles. The first-order chi connectivity index (χ1) is 11.3. The van der Waals surface area contributed by atoms with Gasteiger partial charge in [-0.25, -0.2) is 0 Å². The van der Waals surface area contributed by atoms with Gasteiger partial charge in [0.05, 0.1) is 0 Å². The van der Waals surface area contributed by atoms with Crippen LogP contribution in [0.25, 0.3) is 0 Å². The van der Waals surface area contributed by atoms with Crippen molar-refractivity contribution in [2.24, 2.45) is 0 Å². The molecule has 0 saturated heterocycles. The monoisotopic (exact) mass is 362 g/mol. The van der Waals surface area contributed by atoms with Gasteiger partial charge in [0.2, 0.25) is 0 Å². The van der Waals surface area contributed by atoms with Crippen LogP contribution in [0.15, 0.2) is 42.5 Å². The van der Waals surface area contributed by atoms with Gasteiger partial charge in [0.15, 0.2) is 0 Å². The van der Waals surface area contributed by atoms with Gasteiger partial charge in [0, 0.05) is 29.1 Å². The predicted molar refractivity (Wildman–Crippen MR) is 105 cm³/mol. The predicted octanol–water partition coefficient (Wildman–Crippen LogP) is 5.26. The molecule has 0 spiro atoms. The van der Waals surface area contributed by atoms with Gasteiger partial charge < -0.3 is 10.0 Å². The summed E-state index contributed by atoms with van der Waals surface area (Å²) in [6.45, 7) is 6.86. The maximum atomic E-state index is 12.3. The summed E-state index contributed by atoms with van der Waals surface area (Å²) in [7, 11) is 0. The molecule has 2 N–H and O–H groups in total. The van der Waals surface area contributed by atoms with Crippen molar-refractivity contribution >= 4 is 35.1 Å². The lowest BCUT2D eigenvalue weighted by Crippen LogP contribution is -2.23. The van der Waals surface area contributed by atoms with E-state index in [4.69, 9.17) is 11.6 Å². The zero-order chi connectivity index (χ0) is 17.7. The first-order valence-electron chi connectivity index (χ1n) is 7.77. The first kappa shape index (κ1) is 18.7. The number of benzene rings is 2. The van der Waals surface area contributed by atoms with E-state index in [-0.39, 0.29) is 11.3 Å². The van der Waals surface area contributed by atoms with Gasteiger partial charge in [-0.1, -0.05) is 62.5 Å². The van der Waals surface area contributed by atoms with Crippen molar-refractivity contribution in [2.75, 3.05) is 11.0 Å². The van der Waals surface area contributed by atoms with Crippen molar-refractivity contribution in [1.29, 1.82) is 0 Å². The number of carbonyl (C=O) groups excluding carboxylic acids is 1. The molecule has 1 amide bonds. The molecule has 0 bridgehead atoms. The third kappa shape index (κ3) is 4.92. The number of carbonyl (C=O) groups is 1. The Morgan fingerprint density at radius 1 is 1.12 bits per heavy atom. The standard InChI is InChI=1S/C19H23ClN2OS/c1-19(2,3)15-8-5-13(6-9-15)18(23)21-12-14-7-10-16(22-24-4)11-17(14)20/h5-11,22H,12H2,1-4H3,(H,21,23). The van der Waals surface area contributed by atoms with Gasteiger partial charge >= 0.3 is 0 Å². The van der Waals surface area contributed by atoms with E-state index in [1.54, 1.807) is 0 Å². The van der Waals surface area contributed by atoms with Gasteiger partial charge in [-0.05, 0) is 40.8 Å². The Morgan fingerprint density at radius 2 is 1.79 bits per heavy atom. The summed E-state index contributed by atoms with van der Waals surface area (Å²) in [5, 5.41) is 3.55. The van der Waals surface area contributed by atoms with Gasteiger partial charge in [0.1, 0.15) is 0 Å². The number of halogens is 1. The SMILES string of the molecule is CSNc1ccc(CNC(=O)c2ccc(C(C)(C)C)cc2)c(Cl)c1. The zero-order valence-electron chi connectivity index (χ0n) is 14.4. The minimum Gasteiger partial charge on any atom is -0.348 e. The van der Waals surface area contributed by atoms with Crippen molar-refractivity contribution in [3.05, 3.63) is 64.2 Å². The molecule has 0 fully saturated rings. The molecule has 0 aliphatic carbocycles. The van der Waals surface area contributed by atoms with Crippen LogP contribution in [0.3, 0.4) is 0 Å². The molecule has 0 aliphatic rings. The summed E-state index contributed by atoms with van der Waals surface area (Å²) in [4.78, 5) is 12.3. The fourth-order valence-corrected chi connectivity index (χ4v) is 2.88. The van der Waals surface area contributed by atoms with E-state index in [1.807, 2.05) is 48.7 Å². The van der Waals surface area contributed by atoms with Gasteiger partial charge in [0.25, 0.3) is 5.91 Å². The average Bonchev–Trinajstić information content (AvgIpc) is 2.53. The zero-order valence-corrected chi connectivity index (χ0v) is 16.0. The number of rotatable bonds is 5. The minimum atomic E-state index is -0.0992. The Labute approximate surface area is 153 Å². The van der Waals surface area contributed by atoms with Crippen molar-refractivity contribution in [2.45, 2.75) is 32.7 Å². The molecule has 128 valence electrons. The molecule has 2 aromatic carbocycles. The van der Waals surface area contributed by atoms with E-state index < -0.39 is 0 Å². The fourth-order valence-electron chi connectivity index (χ4n) is 2.27. The van der Waals surface area contributed by atoms with Gasteiger partial charge in [-0.3, -0.25) is 4.79 Å². The van der Waals surface area contributed by atoms with Crippen molar-refractivity contribution < 1.29 is 4.79 Å². The lowest BCUT2D eigenvalue weighted by Gasteiger charge is -2.19. The number of nitrogens with one attached hydrogen (secondary N) is 2. The van der Waals surface area contributed by atoms with E-state index in [0.29, 0.717) is 17.1 Å². The molecule has 0 saturated carbocycles. The van der Waals surface area contributed by atoms with E-state index in [0.717, 1.165) is 11.3 Å². The smallest absolute Gasteiger partial charge is 0.251 e. The van der Waals surface area contributed by atoms with Crippen LogP contribution in [0.2, 0.25) is 5.02 Å². The fraction of sp³-hybridized carbons (Fsp3) is 0.316. The second-order valence-electron chi connectivity index (χ2n) is 6.62. The van der Waals surface area contributed by atoms with Crippen LogP contribution in [0, 0.1) is 0 Å². The molecule has 0 unspecified atom stereocenters. The van der Waals surface area contributed by atoms with Crippen LogP contribution in [-0.4, -0.2) is 12.2 Å². The molecule has 0 aromatic heterocycles. The summed E-state index contributed by atoms with van der Waals surface area (Å²) in [5.41, 5.74) is 3.77. The van der Waals surface area contributed by atoms with Gasteiger partial charge in [-0.2, -0.15) is 0 Å². The summed E-state index contributed by atoms with van der Waals surface area (Å²) >= 11 is 7.77. The van der Waals surface area contributed by atoms with Crippen molar-refractivity contribution in [1.82, 2.24) is 5.32 Å². The summed E-state index contributed by atoms with van der Waals surface area (Å²) < 4.78 is 3.13.